The van der Waals surface area contributed by atoms with Crippen molar-refractivity contribution in [3.05, 3.63) is 29.8 Å². The zero-order valence-electron chi connectivity index (χ0n) is 12.7. The molecule has 0 saturated carbocycles. The fourth-order valence-corrected chi connectivity index (χ4v) is 1.98. The van der Waals surface area contributed by atoms with Gasteiger partial charge in [0.1, 0.15) is 11.6 Å². The molecule has 118 valence electrons. The average Bonchev–Trinajstić information content (AvgIpc) is 2.36. The van der Waals surface area contributed by atoms with Crippen LogP contribution in [0.3, 0.4) is 0 Å². The lowest BCUT2D eigenvalue weighted by atomic mass is 9.93. The van der Waals surface area contributed by atoms with Crippen molar-refractivity contribution in [2.45, 2.75) is 20.8 Å². The first-order valence-corrected chi connectivity index (χ1v) is 6.94. The molecule has 0 spiro atoms. The lowest BCUT2D eigenvalue weighted by Gasteiger charge is -2.30. The van der Waals surface area contributed by atoms with Crippen LogP contribution >= 0.6 is 0 Å². The SMILES string of the molecule is CCN(CC(=O)Nc1cc(F)cc(F)c1)CC(C)(C)CN. The van der Waals surface area contributed by atoms with Gasteiger partial charge in [-0.2, -0.15) is 0 Å². The Morgan fingerprint density at radius 3 is 2.33 bits per heavy atom. The number of benzene rings is 1. The van der Waals surface area contributed by atoms with Crippen LogP contribution < -0.4 is 11.1 Å². The molecule has 3 N–H and O–H groups in total. The minimum absolute atomic E-state index is 0.0960. The number of carbonyl (C=O) groups excluding carboxylic acids is 1. The topological polar surface area (TPSA) is 58.4 Å². The third-order valence-corrected chi connectivity index (χ3v) is 3.16. The maximum Gasteiger partial charge on any atom is 0.238 e. The summed E-state index contributed by atoms with van der Waals surface area (Å²) in [5.41, 5.74) is 5.71. The van der Waals surface area contributed by atoms with Crippen molar-refractivity contribution >= 4 is 11.6 Å². The number of anilines is 1. The van der Waals surface area contributed by atoms with E-state index in [1.54, 1.807) is 0 Å². The Hall–Kier alpha value is -1.53. The predicted molar refractivity (Wildman–Crippen MR) is 79.9 cm³/mol. The summed E-state index contributed by atoms with van der Waals surface area (Å²) in [6, 6.07) is 2.93. The number of halogens is 2. The van der Waals surface area contributed by atoms with Gasteiger partial charge in [0.2, 0.25) is 5.91 Å². The van der Waals surface area contributed by atoms with Crippen molar-refractivity contribution in [3.8, 4) is 0 Å². The number of hydrogen-bond acceptors (Lipinski definition) is 3. The van der Waals surface area contributed by atoms with Crippen molar-refractivity contribution < 1.29 is 13.6 Å². The molecule has 6 heteroatoms. The van der Waals surface area contributed by atoms with E-state index >= 15 is 0 Å². The van der Waals surface area contributed by atoms with Gasteiger partial charge < -0.3 is 11.1 Å². The van der Waals surface area contributed by atoms with E-state index in [4.69, 9.17) is 5.73 Å². The summed E-state index contributed by atoms with van der Waals surface area (Å²) < 4.78 is 26.1. The zero-order chi connectivity index (χ0) is 16.0. The monoisotopic (exact) mass is 299 g/mol. The molecule has 1 amide bonds. The smallest absolute Gasteiger partial charge is 0.238 e. The molecule has 0 saturated heterocycles. The number of nitrogens with two attached hydrogens (primary N) is 1. The van der Waals surface area contributed by atoms with Gasteiger partial charge in [-0.25, -0.2) is 8.78 Å². The molecular formula is C15H23F2N3O. The van der Waals surface area contributed by atoms with Crippen molar-refractivity contribution in [2.24, 2.45) is 11.1 Å². The van der Waals surface area contributed by atoms with E-state index in [1.165, 1.54) is 0 Å². The van der Waals surface area contributed by atoms with Gasteiger partial charge in [0.25, 0.3) is 0 Å². The molecule has 0 aromatic heterocycles. The van der Waals surface area contributed by atoms with Gasteiger partial charge >= 0.3 is 0 Å². The summed E-state index contributed by atoms with van der Waals surface area (Å²) in [5.74, 6) is -1.75. The quantitative estimate of drug-likeness (QED) is 0.811. The van der Waals surface area contributed by atoms with Gasteiger partial charge in [-0.1, -0.05) is 20.8 Å². The molecule has 0 fully saturated rings. The molecule has 0 radical (unpaired) electrons. The zero-order valence-corrected chi connectivity index (χ0v) is 12.7. The standard InChI is InChI=1S/C15H23F2N3O/c1-4-20(10-15(2,3)9-18)8-14(21)19-13-6-11(16)5-12(17)7-13/h5-7H,4,8-10,18H2,1-3H3,(H,19,21). The minimum Gasteiger partial charge on any atom is -0.330 e. The average molecular weight is 299 g/mol. The highest BCUT2D eigenvalue weighted by Gasteiger charge is 2.21. The molecule has 0 heterocycles. The maximum atomic E-state index is 13.1. The van der Waals surface area contributed by atoms with Gasteiger partial charge in [-0.3, -0.25) is 9.69 Å². The summed E-state index contributed by atoms with van der Waals surface area (Å²) in [5, 5.41) is 2.50. The number of nitrogens with one attached hydrogen (secondary N) is 1. The van der Waals surface area contributed by atoms with E-state index in [9.17, 15) is 13.6 Å². The first-order valence-electron chi connectivity index (χ1n) is 6.94. The van der Waals surface area contributed by atoms with Crippen LogP contribution in [0.5, 0.6) is 0 Å². The maximum absolute atomic E-state index is 13.1. The first-order chi connectivity index (χ1) is 9.75. The number of amides is 1. The van der Waals surface area contributed by atoms with Crippen LogP contribution in [0.4, 0.5) is 14.5 Å². The Morgan fingerprint density at radius 1 is 1.29 bits per heavy atom. The number of rotatable bonds is 7. The third-order valence-electron chi connectivity index (χ3n) is 3.16. The minimum atomic E-state index is -0.720. The lowest BCUT2D eigenvalue weighted by molar-refractivity contribution is -0.117. The van der Waals surface area contributed by atoms with Crippen LogP contribution in [-0.2, 0) is 4.79 Å². The largest absolute Gasteiger partial charge is 0.330 e. The number of likely N-dealkylation sites (N-methyl/N-ethyl adjacent to an activating group) is 1. The predicted octanol–water partition coefficient (Wildman–Crippen LogP) is 2.21. The van der Waals surface area contributed by atoms with Gasteiger partial charge in [0, 0.05) is 18.3 Å². The van der Waals surface area contributed by atoms with Crippen LogP contribution in [0.2, 0.25) is 0 Å². The molecule has 21 heavy (non-hydrogen) atoms. The summed E-state index contributed by atoms with van der Waals surface area (Å²) in [6.45, 7) is 8.02. The second kappa shape index (κ2) is 7.47. The van der Waals surface area contributed by atoms with Gasteiger partial charge in [-0.05, 0) is 30.6 Å². The molecule has 0 atom stereocenters. The Balaban J connectivity index is 2.62. The molecule has 0 aliphatic rings. The summed E-state index contributed by atoms with van der Waals surface area (Å²) in [6.07, 6.45) is 0. The number of carbonyl (C=O) groups is 1. The Labute approximate surface area is 124 Å². The molecule has 0 aliphatic heterocycles. The summed E-state index contributed by atoms with van der Waals surface area (Å²) in [7, 11) is 0. The number of hydrogen-bond donors (Lipinski definition) is 2. The molecule has 0 aliphatic carbocycles. The van der Waals surface area contributed by atoms with Crippen LogP contribution in [0.15, 0.2) is 18.2 Å². The Bertz CT molecular complexity index is 472. The second-order valence-corrected chi connectivity index (χ2v) is 5.88. The van der Waals surface area contributed by atoms with E-state index in [1.807, 2.05) is 25.7 Å². The van der Waals surface area contributed by atoms with Crippen molar-refractivity contribution in [2.75, 3.05) is 31.5 Å². The van der Waals surface area contributed by atoms with E-state index in [-0.39, 0.29) is 23.6 Å². The molecule has 0 unspecified atom stereocenters. The number of nitrogens with zero attached hydrogens (tertiary/aromatic N) is 1. The third kappa shape index (κ3) is 6.18. The van der Waals surface area contributed by atoms with Crippen molar-refractivity contribution in [1.29, 1.82) is 0 Å². The fraction of sp³-hybridized carbons (Fsp3) is 0.533. The Morgan fingerprint density at radius 2 is 1.86 bits per heavy atom. The summed E-state index contributed by atoms with van der Waals surface area (Å²) in [4.78, 5) is 13.9. The molecule has 4 nitrogen and oxygen atoms in total. The van der Waals surface area contributed by atoms with Crippen molar-refractivity contribution in [3.63, 3.8) is 0 Å². The Kier molecular flexibility index (Phi) is 6.23. The first kappa shape index (κ1) is 17.5. The van der Waals surface area contributed by atoms with Crippen LogP contribution in [-0.4, -0.2) is 37.0 Å². The van der Waals surface area contributed by atoms with Gasteiger partial charge in [0.05, 0.1) is 6.54 Å². The van der Waals surface area contributed by atoms with E-state index in [0.29, 0.717) is 19.6 Å². The molecule has 1 rings (SSSR count). The lowest BCUT2D eigenvalue weighted by Crippen LogP contribution is -2.42. The van der Waals surface area contributed by atoms with E-state index in [2.05, 4.69) is 5.32 Å². The molecule has 0 bridgehead atoms. The van der Waals surface area contributed by atoms with E-state index in [0.717, 1.165) is 18.2 Å². The molecular weight excluding hydrogens is 276 g/mol. The second-order valence-electron chi connectivity index (χ2n) is 5.88. The van der Waals surface area contributed by atoms with Crippen LogP contribution in [0.1, 0.15) is 20.8 Å². The summed E-state index contributed by atoms with van der Waals surface area (Å²) >= 11 is 0. The van der Waals surface area contributed by atoms with E-state index < -0.39 is 11.6 Å². The highest BCUT2D eigenvalue weighted by molar-refractivity contribution is 5.92. The molecule has 1 aromatic rings. The van der Waals surface area contributed by atoms with Crippen LogP contribution in [0.25, 0.3) is 0 Å². The fourth-order valence-electron chi connectivity index (χ4n) is 1.98. The molecule has 1 aromatic carbocycles. The van der Waals surface area contributed by atoms with Gasteiger partial charge in [-0.15, -0.1) is 0 Å². The van der Waals surface area contributed by atoms with Crippen LogP contribution in [0, 0.1) is 17.0 Å². The highest BCUT2D eigenvalue weighted by atomic mass is 19.1. The van der Waals surface area contributed by atoms with Crippen molar-refractivity contribution in [1.82, 2.24) is 4.90 Å². The normalized spacial score (nSPS) is 11.8. The highest BCUT2D eigenvalue weighted by Crippen LogP contribution is 2.15. The van der Waals surface area contributed by atoms with Gasteiger partial charge in [0.15, 0.2) is 0 Å².